The summed E-state index contributed by atoms with van der Waals surface area (Å²) in [5.74, 6) is 0.213. The van der Waals surface area contributed by atoms with Crippen LogP contribution in [0.4, 0.5) is 0 Å². The number of hydrogen-bond acceptors (Lipinski definition) is 3. The Bertz CT molecular complexity index is 760. The Morgan fingerprint density at radius 1 is 1.46 bits per heavy atom. The lowest BCUT2D eigenvalue weighted by Crippen LogP contribution is -2.39. The van der Waals surface area contributed by atoms with Crippen molar-refractivity contribution in [3.8, 4) is 5.75 Å². The number of benzene rings is 1. The molecule has 1 aromatic heterocycles. The molecule has 128 valence electrons. The molecule has 2 unspecified atom stereocenters. The van der Waals surface area contributed by atoms with Crippen molar-refractivity contribution in [2.75, 3.05) is 0 Å². The van der Waals surface area contributed by atoms with E-state index in [2.05, 4.69) is 10.4 Å². The Morgan fingerprint density at radius 2 is 2.25 bits per heavy atom. The van der Waals surface area contributed by atoms with Crippen molar-refractivity contribution in [1.29, 1.82) is 0 Å². The first-order chi connectivity index (χ1) is 11.5. The Kier molecular flexibility index (Phi) is 5.01. The normalized spacial score (nSPS) is 17.9. The zero-order valence-electron chi connectivity index (χ0n) is 13.6. The Hall–Kier alpha value is -1.72. The van der Waals surface area contributed by atoms with Gasteiger partial charge >= 0.3 is 0 Å². The van der Waals surface area contributed by atoms with Crippen LogP contribution in [-0.2, 0) is 18.3 Å². The number of halogens is 2. The highest BCUT2D eigenvalue weighted by atomic mass is 35.5. The van der Waals surface area contributed by atoms with Crippen molar-refractivity contribution >= 4 is 29.1 Å². The van der Waals surface area contributed by atoms with Gasteiger partial charge in [0.05, 0.1) is 17.3 Å². The second kappa shape index (κ2) is 7.03. The van der Waals surface area contributed by atoms with Crippen LogP contribution in [-0.4, -0.2) is 21.8 Å². The molecule has 0 fully saturated rings. The van der Waals surface area contributed by atoms with Crippen LogP contribution in [0.3, 0.4) is 0 Å². The number of carbonyl (C=O) groups is 1. The minimum absolute atomic E-state index is 0.0316. The van der Waals surface area contributed by atoms with Crippen molar-refractivity contribution in [3.63, 3.8) is 0 Å². The maximum absolute atomic E-state index is 12.5. The fourth-order valence-corrected chi connectivity index (χ4v) is 3.30. The number of amides is 1. The summed E-state index contributed by atoms with van der Waals surface area (Å²) in [7, 11) is 1.93. The summed E-state index contributed by atoms with van der Waals surface area (Å²) in [5, 5.41) is 8.05. The molecule has 1 N–H and O–H groups in total. The smallest absolute Gasteiger partial charge is 0.261 e. The molecule has 0 bridgehead atoms. The molecule has 0 saturated heterocycles. The number of rotatable bonds is 4. The van der Waals surface area contributed by atoms with Crippen molar-refractivity contribution < 1.29 is 9.53 Å². The molecular formula is C17H19Cl2N3O2. The van der Waals surface area contributed by atoms with Gasteiger partial charge in [-0.05, 0) is 38.3 Å². The molecule has 1 amide bonds. The van der Waals surface area contributed by atoms with E-state index in [-0.39, 0.29) is 11.9 Å². The van der Waals surface area contributed by atoms with Crippen LogP contribution in [0.2, 0.25) is 10.0 Å². The Balaban J connectivity index is 1.68. The van der Waals surface area contributed by atoms with Crippen LogP contribution in [0, 0.1) is 0 Å². The first kappa shape index (κ1) is 17.1. The maximum atomic E-state index is 12.5. The van der Waals surface area contributed by atoms with Gasteiger partial charge in [0.1, 0.15) is 10.8 Å². The predicted molar refractivity (Wildman–Crippen MR) is 93.6 cm³/mol. The van der Waals surface area contributed by atoms with Gasteiger partial charge in [0.2, 0.25) is 0 Å². The van der Waals surface area contributed by atoms with E-state index in [1.54, 1.807) is 25.1 Å². The van der Waals surface area contributed by atoms with E-state index in [1.807, 2.05) is 17.9 Å². The third kappa shape index (κ3) is 3.37. The molecule has 0 aliphatic heterocycles. The molecule has 3 rings (SSSR count). The van der Waals surface area contributed by atoms with Gasteiger partial charge in [0, 0.05) is 18.3 Å². The highest BCUT2D eigenvalue weighted by molar-refractivity contribution is 6.42. The minimum Gasteiger partial charge on any atom is -0.479 e. The Labute approximate surface area is 150 Å². The fraction of sp³-hybridized carbons (Fsp3) is 0.412. The van der Waals surface area contributed by atoms with Crippen molar-refractivity contribution in [2.45, 2.75) is 38.3 Å². The van der Waals surface area contributed by atoms with Gasteiger partial charge in [-0.2, -0.15) is 5.10 Å². The summed E-state index contributed by atoms with van der Waals surface area (Å²) in [6.07, 6.45) is 4.06. The first-order valence-electron chi connectivity index (χ1n) is 7.89. The summed E-state index contributed by atoms with van der Waals surface area (Å²) >= 11 is 12.1. The van der Waals surface area contributed by atoms with Gasteiger partial charge in [-0.3, -0.25) is 9.48 Å². The molecule has 24 heavy (non-hydrogen) atoms. The lowest BCUT2D eigenvalue weighted by Gasteiger charge is -2.25. The topological polar surface area (TPSA) is 56.1 Å². The van der Waals surface area contributed by atoms with E-state index < -0.39 is 6.10 Å². The molecule has 1 aromatic carbocycles. The second-order valence-electron chi connectivity index (χ2n) is 5.94. The van der Waals surface area contributed by atoms with Gasteiger partial charge in [0.25, 0.3) is 5.91 Å². The summed E-state index contributed by atoms with van der Waals surface area (Å²) in [6, 6.07) is 5.07. The van der Waals surface area contributed by atoms with Gasteiger partial charge in [-0.15, -0.1) is 0 Å². The van der Waals surface area contributed by atoms with Crippen LogP contribution in [0.25, 0.3) is 0 Å². The quantitative estimate of drug-likeness (QED) is 0.896. The predicted octanol–water partition coefficient (Wildman–Crippen LogP) is 3.69. The van der Waals surface area contributed by atoms with E-state index in [4.69, 9.17) is 27.9 Å². The maximum Gasteiger partial charge on any atom is 0.261 e. The molecular weight excluding hydrogens is 349 g/mol. The monoisotopic (exact) mass is 367 g/mol. The van der Waals surface area contributed by atoms with Crippen LogP contribution < -0.4 is 10.1 Å². The zero-order chi connectivity index (χ0) is 17.3. The molecule has 0 radical (unpaired) electrons. The number of fused-ring (bicyclic) bond motifs is 1. The van der Waals surface area contributed by atoms with E-state index in [9.17, 15) is 4.79 Å². The lowest BCUT2D eigenvalue weighted by atomic mass is 9.93. The highest BCUT2D eigenvalue weighted by Gasteiger charge is 2.27. The summed E-state index contributed by atoms with van der Waals surface area (Å²) in [6.45, 7) is 1.69. The fourth-order valence-electron chi connectivity index (χ4n) is 2.96. The number of aryl methyl sites for hydroxylation is 1. The van der Waals surface area contributed by atoms with E-state index in [1.165, 1.54) is 5.69 Å². The number of aromatic nitrogens is 2. The number of ether oxygens (including phenoxy) is 1. The molecule has 2 aromatic rings. The standard InChI is InChI=1S/C17H19Cl2N3O2/c1-10(24-15-8-3-5-12(18)16(15)19)17(23)21-13-6-4-7-14-11(13)9-20-22(14)2/h3,5,8-10,13H,4,6-7H2,1-2H3,(H,21,23). The summed E-state index contributed by atoms with van der Waals surface area (Å²) in [5.41, 5.74) is 2.27. The Morgan fingerprint density at radius 3 is 3.04 bits per heavy atom. The molecule has 0 saturated carbocycles. The number of hydrogen-bond donors (Lipinski definition) is 1. The molecule has 5 nitrogen and oxygen atoms in total. The average Bonchev–Trinajstić information content (AvgIpc) is 2.94. The first-order valence-corrected chi connectivity index (χ1v) is 8.64. The van der Waals surface area contributed by atoms with Gasteiger partial charge in [-0.1, -0.05) is 29.3 Å². The van der Waals surface area contributed by atoms with Gasteiger partial charge in [-0.25, -0.2) is 0 Å². The lowest BCUT2D eigenvalue weighted by molar-refractivity contribution is -0.128. The number of carbonyl (C=O) groups excluding carboxylic acids is 1. The molecule has 1 aliphatic carbocycles. The van der Waals surface area contributed by atoms with Gasteiger partial charge < -0.3 is 10.1 Å². The highest BCUT2D eigenvalue weighted by Crippen LogP contribution is 2.32. The molecule has 2 atom stereocenters. The summed E-state index contributed by atoms with van der Waals surface area (Å²) < 4.78 is 7.55. The van der Waals surface area contributed by atoms with E-state index >= 15 is 0 Å². The molecule has 0 spiro atoms. The number of nitrogens with zero attached hydrogens (tertiary/aromatic N) is 2. The largest absolute Gasteiger partial charge is 0.479 e. The van der Waals surface area contributed by atoms with Crippen molar-refractivity contribution in [3.05, 3.63) is 45.7 Å². The number of nitrogens with one attached hydrogen (secondary N) is 1. The third-order valence-electron chi connectivity index (χ3n) is 4.28. The van der Waals surface area contributed by atoms with Crippen LogP contribution in [0.1, 0.15) is 37.1 Å². The van der Waals surface area contributed by atoms with Crippen molar-refractivity contribution in [2.24, 2.45) is 7.05 Å². The SMILES string of the molecule is CC(Oc1cccc(Cl)c1Cl)C(=O)NC1CCCc2c1cnn2C. The van der Waals surface area contributed by atoms with Crippen LogP contribution in [0.5, 0.6) is 5.75 Å². The molecule has 1 aliphatic rings. The average molecular weight is 368 g/mol. The van der Waals surface area contributed by atoms with Crippen LogP contribution in [0.15, 0.2) is 24.4 Å². The zero-order valence-corrected chi connectivity index (χ0v) is 15.1. The second-order valence-corrected chi connectivity index (χ2v) is 6.72. The van der Waals surface area contributed by atoms with Crippen molar-refractivity contribution in [1.82, 2.24) is 15.1 Å². The minimum atomic E-state index is -0.678. The molecule has 1 heterocycles. The van der Waals surface area contributed by atoms with Gasteiger partial charge in [0.15, 0.2) is 6.10 Å². The summed E-state index contributed by atoms with van der Waals surface area (Å²) in [4.78, 5) is 12.5. The van der Waals surface area contributed by atoms with E-state index in [0.29, 0.717) is 15.8 Å². The third-order valence-corrected chi connectivity index (χ3v) is 5.08. The van der Waals surface area contributed by atoms with E-state index in [0.717, 1.165) is 24.8 Å². The van der Waals surface area contributed by atoms with Crippen LogP contribution >= 0.6 is 23.2 Å². The molecule has 7 heteroatoms.